The summed E-state index contributed by atoms with van der Waals surface area (Å²) < 4.78 is 1.07. The van der Waals surface area contributed by atoms with Crippen molar-refractivity contribution in [3.05, 3.63) is 34.0 Å². The molecule has 0 aromatic heterocycles. The van der Waals surface area contributed by atoms with Gasteiger partial charge in [0.2, 0.25) is 5.91 Å². The second-order valence-electron chi connectivity index (χ2n) is 4.68. The predicted molar refractivity (Wildman–Crippen MR) is 74.9 cm³/mol. The van der Waals surface area contributed by atoms with Crippen LogP contribution in [0.25, 0.3) is 0 Å². The zero-order valence-electron chi connectivity index (χ0n) is 9.46. The molecule has 0 aromatic carbocycles. The van der Waals surface area contributed by atoms with Crippen LogP contribution < -0.4 is 5.32 Å². The number of thioether (sulfide) groups is 1. The zero-order chi connectivity index (χ0) is 11.9. The van der Waals surface area contributed by atoms with E-state index in [1.165, 1.54) is 5.57 Å². The number of rotatable bonds is 0. The first kappa shape index (κ1) is 11.6. The van der Waals surface area contributed by atoms with Crippen LogP contribution in [-0.2, 0) is 4.79 Å². The minimum Gasteiger partial charge on any atom is -0.328 e. The van der Waals surface area contributed by atoms with E-state index < -0.39 is 0 Å². The van der Waals surface area contributed by atoms with E-state index >= 15 is 0 Å². The molecule has 0 radical (unpaired) electrons. The Bertz CT molecular complexity index is 458. The summed E-state index contributed by atoms with van der Waals surface area (Å²) in [6, 6.07) is 0. The van der Waals surface area contributed by atoms with E-state index in [1.54, 1.807) is 0 Å². The summed E-state index contributed by atoms with van der Waals surface area (Å²) in [5, 5.41) is 3.09. The monoisotopic (exact) mass is 311 g/mol. The molecule has 1 aliphatic carbocycles. The van der Waals surface area contributed by atoms with Crippen molar-refractivity contribution < 1.29 is 4.79 Å². The van der Waals surface area contributed by atoms with Gasteiger partial charge in [-0.05, 0) is 36.0 Å². The van der Waals surface area contributed by atoms with Crippen LogP contribution in [0.15, 0.2) is 34.0 Å². The molecule has 17 heavy (non-hydrogen) atoms. The first-order valence-corrected chi connectivity index (χ1v) is 7.84. The highest BCUT2D eigenvalue weighted by Gasteiger charge is 2.47. The fourth-order valence-electron chi connectivity index (χ4n) is 2.81. The maximum atomic E-state index is 12.3. The number of carbonyl (C=O) groups is 1. The van der Waals surface area contributed by atoms with Crippen LogP contribution in [0.1, 0.15) is 19.3 Å². The van der Waals surface area contributed by atoms with Gasteiger partial charge >= 0.3 is 0 Å². The molecule has 2 aliphatic heterocycles. The molecule has 3 aliphatic rings. The second kappa shape index (κ2) is 4.32. The Labute approximate surface area is 114 Å². The lowest BCUT2D eigenvalue weighted by Gasteiger charge is -2.32. The van der Waals surface area contributed by atoms with Gasteiger partial charge < -0.3 is 5.32 Å². The van der Waals surface area contributed by atoms with Crippen LogP contribution in [-0.4, -0.2) is 17.4 Å². The molecule has 1 fully saturated rings. The summed E-state index contributed by atoms with van der Waals surface area (Å²) >= 11 is 5.49. The van der Waals surface area contributed by atoms with Gasteiger partial charge in [0.1, 0.15) is 0 Å². The molecule has 1 N–H and O–H groups in total. The van der Waals surface area contributed by atoms with Crippen molar-refractivity contribution in [3.8, 4) is 0 Å². The van der Waals surface area contributed by atoms with E-state index in [2.05, 4.69) is 39.5 Å². The van der Waals surface area contributed by atoms with Crippen LogP contribution in [0.5, 0.6) is 0 Å². The minimum absolute atomic E-state index is 0.217. The molecule has 1 saturated heterocycles. The van der Waals surface area contributed by atoms with Gasteiger partial charge in [0.05, 0.1) is 5.41 Å². The highest BCUT2D eigenvalue weighted by atomic mass is 79.9. The Hall–Kier alpha value is -0.480. The van der Waals surface area contributed by atoms with Crippen molar-refractivity contribution in [2.75, 3.05) is 11.5 Å². The number of hydrogen-bond donors (Lipinski definition) is 1. The maximum absolute atomic E-state index is 12.3. The number of fused-ring (bicyclic) bond motifs is 1. The van der Waals surface area contributed by atoms with Gasteiger partial charge in [-0.15, -0.1) is 0 Å². The molecule has 2 nitrogen and oxygen atoms in total. The van der Waals surface area contributed by atoms with E-state index in [4.69, 9.17) is 0 Å². The second-order valence-corrected chi connectivity index (χ2v) is 6.82. The van der Waals surface area contributed by atoms with Gasteiger partial charge in [-0.1, -0.05) is 28.1 Å². The molecule has 0 bridgehead atoms. The SMILES string of the molecule is O=C1NC2=C(C=C(Br)C=CC2)C12CCSCC2. The first-order chi connectivity index (χ1) is 8.22. The van der Waals surface area contributed by atoms with Crippen molar-refractivity contribution in [1.29, 1.82) is 0 Å². The Morgan fingerprint density at radius 1 is 1.35 bits per heavy atom. The number of amides is 1. The molecule has 0 aromatic rings. The molecule has 0 saturated carbocycles. The third-order valence-corrected chi connectivity index (χ3v) is 5.25. The van der Waals surface area contributed by atoms with Gasteiger partial charge in [-0.2, -0.15) is 11.8 Å². The van der Waals surface area contributed by atoms with Crippen molar-refractivity contribution in [1.82, 2.24) is 5.32 Å². The summed E-state index contributed by atoms with van der Waals surface area (Å²) in [6.07, 6.45) is 9.07. The Balaban J connectivity index is 2.06. The maximum Gasteiger partial charge on any atom is 0.234 e. The highest BCUT2D eigenvalue weighted by molar-refractivity contribution is 9.11. The van der Waals surface area contributed by atoms with E-state index in [9.17, 15) is 4.79 Å². The summed E-state index contributed by atoms with van der Waals surface area (Å²) in [5.74, 6) is 2.39. The van der Waals surface area contributed by atoms with Crippen LogP contribution in [0.2, 0.25) is 0 Å². The molecule has 1 amide bonds. The van der Waals surface area contributed by atoms with E-state index in [0.29, 0.717) is 0 Å². The van der Waals surface area contributed by atoms with Crippen LogP contribution >= 0.6 is 27.7 Å². The third-order valence-electron chi connectivity index (χ3n) is 3.77. The molecule has 1 spiro atoms. The van der Waals surface area contributed by atoms with Gasteiger partial charge in [-0.3, -0.25) is 4.79 Å². The summed E-state index contributed by atoms with van der Waals surface area (Å²) in [7, 11) is 0. The zero-order valence-corrected chi connectivity index (χ0v) is 11.9. The molecular formula is C13H14BrNOS. The van der Waals surface area contributed by atoms with Crippen molar-refractivity contribution in [2.24, 2.45) is 5.41 Å². The lowest BCUT2D eigenvalue weighted by Crippen LogP contribution is -2.37. The van der Waals surface area contributed by atoms with Crippen LogP contribution in [0.4, 0.5) is 0 Å². The summed E-state index contributed by atoms with van der Waals surface area (Å²) in [5.41, 5.74) is 2.08. The third kappa shape index (κ3) is 1.82. The van der Waals surface area contributed by atoms with Gasteiger partial charge in [0, 0.05) is 16.6 Å². The summed E-state index contributed by atoms with van der Waals surface area (Å²) in [4.78, 5) is 12.3. The molecule has 0 unspecified atom stereocenters. The van der Waals surface area contributed by atoms with Crippen LogP contribution in [0, 0.1) is 5.41 Å². The Kier molecular flexibility index (Phi) is 2.95. The Morgan fingerprint density at radius 3 is 2.88 bits per heavy atom. The number of allylic oxidation sites excluding steroid dienone is 4. The molecule has 90 valence electrons. The van der Waals surface area contributed by atoms with E-state index in [1.807, 2.05) is 11.8 Å². The largest absolute Gasteiger partial charge is 0.328 e. The minimum atomic E-state index is -0.244. The Morgan fingerprint density at radius 2 is 2.12 bits per heavy atom. The van der Waals surface area contributed by atoms with Crippen LogP contribution in [0.3, 0.4) is 0 Å². The number of hydrogen-bond acceptors (Lipinski definition) is 2. The topological polar surface area (TPSA) is 29.1 Å². The molecule has 3 rings (SSSR count). The van der Waals surface area contributed by atoms with E-state index in [-0.39, 0.29) is 11.3 Å². The van der Waals surface area contributed by atoms with E-state index in [0.717, 1.165) is 40.9 Å². The lowest BCUT2D eigenvalue weighted by atomic mass is 9.75. The number of halogens is 1. The quantitative estimate of drug-likeness (QED) is 0.744. The lowest BCUT2D eigenvalue weighted by molar-refractivity contribution is -0.127. The average Bonchev–Trinajstić information content (AvgIpc) is 2.50. The van der Waals surface area contributed by atoms with Gasteiger partial charge in [-0.25, -0.2) is 0 Å². The molecule has 4 heteroatoms. The normalized spacial score (nSPS) is 26.6. The smallest absolute Gasteiger partial charge is 0.234 e. The van der Waals surface area contributed by atoms with Crippen molar-refractivity contribution in [2.45, 2.75) is 19.3 Å². The summed E-state index contributed by atoms with van der Waals surface area (Å²) in [6.45, 7) is 0. The molecule has 2 heterocycles. The number of carbonyl (C=O) groups excluding carboxylic acids is 1. The predicted octanol–water partition coefficient (Wildman–Crippen LogP) is 3.12. The van der Waals surface area contributed by atoms with Gasteiger partial charge in [0.15, 0.2) is 0 Å². The number of nitrogens with one attached hydrogen (secondary N) is 1. The first-order valence-electron chi connectivity index (χ1n) is 5.89. The molecular weight excluding hydrogens is 298 g/mol. The fourth-order valence-corrected chi connectivity index (χ4v) is 4.42. The molecule has 0 atom stereocenters. The van der Waals surface area contributed by atoms with Crippen molar-refractivity contribution in [3.63, 3.8) is 0 Å². The average molecular weight is 312 g/mol. The van der Waals surface area contributed by atoms with Crippen molar-refractivity contribution >= 4 is 33.6 Å². The highest BCUT2D eigenvalue weighted by Crippen LogP contribution is 2.48. The van der Waals surface area contributed by atoms with Gasteiger partial charge in [0.25, 0.3) is 0 Å². The standard InChI is InChI=1S/C13H14BrNOS/c14-9-2-1-3-11-10(8-9)13(12(16)15-11)4-6-17-7-5-13/h1-2,8H,3-7H2,(H,15,16). The fraction of sp³-hybridized carbons (Fsp3) is 0.462.